The van der Waals surface area contributed by atoms with Gasteiger partial charge in [0.25, 0.3) is 5.91 Å². The Labute approximate surface area is 196 Å². The molecule has 2 fully saturated rings. The summed E-state index contributed by atoms with van der Waals surface area (Å²) in [7, 11) is 2.80. The zero-order valence-corrected chi connectivity index (χ0v) is 19.7. The number of esters is 1. The highest BCUT2D eigenvalue weighted by molar-refractivity contribution is 7.09. The quantitative estimate of drug-likeness (QED) is 0.430. The van der Waals surface area contributed by atoms with Crippen LogP contribution in [0, 0.1) is 0 Å². The highest BCUT2D eigenvalue weighted by atomic mass is 32.1. The molecule has 0 bridgehead atoms. The molecule has 2 aliphatic rings. The van der Waals surface area contributed by atoms with Gasteiger partial charge in [-0.15, -0.1) is 11.3 Å². The van der Waals surface area contributed by atoms with Crippen molar-refractivity contribution in [2.45, 2.75) is 24.9 Å². The molecule has 176 valence electrons. The minimum atomic E-state index is -0.946. The van der Waals surface area contributed by atoms with Crippen molar-refractivity contribution in [3.8, 4) is 11.3 Å². The number of hydrogen-bond acceptors (Lipinski definition) is 8. The van der Waals surface area contributed by atoms with Crippen molar-refractivity contribution in [3.63, 3.8) is 0 Å². The summed E-state index contributed by atoms with van der Waals surface area (Å²) >= 11 is 1.62. The molecule has 2 aliphatic heterocycles. The smallest absolute Gasteiger partial charge is 0.328 e. The second-order valence-electron chi connectivity index (χ2n) is 8.19. The Morgan fingerprint density at radius 3 is 2.55 bits per heavy atom. The van der Waals surface area contributed by atoms with Crippen LogP contribution in [0.25, 0.3) is 11.3 Å². The van der Waals surface area contributed by atoms with Crippen LogP contribution in [0.5, 0.6) is 0 Å². The van der Waals surface area contributed by atoms with Crippen LogP contribution >= 0.6 is 11.3 Å². The molecule has 3 heterocycles. The third-order valence-electron chi connectivity index (χ3n) is 6.32. The first-order valence-corrected chi connectivity index (χ1v) is 11.8. The van der Waals surface area contributed by atoms with Crippen LogP contribution in [-0.4, -0.2) is 90.1 Å². The van der Waals surface area contributed by atoms with Gasteiger partial charge in [0.15, 0.2) is 0 Å². The lowest BCUT2D eigenvalue weighted by atomic mass is 9.85. The van der Waals surface area contributed by atoms with Crippen LogP contribution in [0.4, 0.5) is 4.79 Å². The van der Waals surface area contributed by atoms with Gasteiger partial charge in [0.05, 0.1) is 26.0 Å². The van der Waals surface area contributed by atoms with Gasteiger partial charge >= 0.3 is 12.0 Å². The number of aromatic nitrogens is 1. The van der Waals surface area contributed by atoms with E-state index in [-0.39, 0.29) is 12.5 Å². The predicted octanol–water partition coefficient (Wildman–Crippen LogP) is 2.23. The number of carbonyl (C=O) groups excluding carboxylic acids is 3. The summed E-state index contributed by atoms with van der Waals surface area (Å²) in [5.74, 6) is -0.940. The summed E-state index contributed by atoms with van der Waals surface area (Å²) < 4.78 is 9.84. The molecule has 0 radical (unpaired) electrons. The van der Waals surface area contributed by atoms with Crippen LogP contribution in [0.1, 0.15) is 17.8 Å². The summed E-state index contributed by atoms with van der Waals surface area (Å²) in [4.78, 5) is 47.7. The van der Waals surface area contributed by atoms with Crippen molar-refractivity contribution in [3.05, 3.63) is 40.7 Å². The van der Waals surface area contributed by atoms with E-state index in [0.29, 0.717) is 45.6 Å². The zero-order chi connectivity index (χ0) is 23.4. The number of benzene rings is 1. The van der Waals surface area contributed by atoms with E-state index in [1.165, 1.54) is 7.11 Å². The topological polar surface area (TPSA) is 92.3 Å². The number of rotatable bonds is 8. The van der Waals surface area contributed by atoms with Gasteiger partial charge < -0.3 is 14.4 Å². The molecule has 1 aromatic carbocycles. The van der Waals surface area contributed by atoms with Gasteiger partial charge in [-0.2, -0.15) is 0 Å². The average molecular weight is 473 g/mol. The molecule has 0 aliphatic carbocycles. The van der Waals surface area contributed by atoms with Gasteiger partial charge in [-0.25, -0.2) is 9.78 Å². The van der Waals surface area contributed by atoms with E-state index in [1.54, 1.807) is 23.3 Å². The highest BCUT2D eigenvalue weighted by Crippen LogP contribution is 2.37. The maximum absolute atomic E-state index is 13.3. The molecule has 10 heteroatoms. The minimum absolute atomic E-state index is 0.297. The monoisotopic (exact) mass is 472 g/mol. The first kappa shape index (κ1) is 23.3. The predicted molar refractivity (Wildman–Crippen MR) is 122 cm³/mol. The summed E-state index contributed by atoms with van der Waals surface area (Å²) in [6.07, 6.45) is 0.992. The third-order valence-corrected chi connectivity index (χ3v) is 7.15. The Morgan fingerprint density at radius 1 is 1.15 bits per heavy atom. The molecular formula is C23H28N4O5S. The van der Waals surface area contributed by atoms with E-state index >= 15 is 0 Å². The number of amides is 3. The number of likely N-dealkylation sites (tertiary alicyclic amines) is 1. The van der Waals surface area contributed by atoms with Gasteiger partial charge in [-0.1, -0.05) is 30.3 Å². The molecule has 9 nitrogen and oxygen atoms in total. The average Bonchev–Trinajstić information content (AvgIpc) is 3.38. The Hall–Kier alpha value is -2.82. The number of thiazole rings is 1. The van der Waals surface area contributed by atoms with Gasteiger partial charge in [0, 0.05) is 37.7 Å². The van der Waals surface area contributed by atoms with Crippen molar-refractivity contribution in [2.75, 3.05) is 47.0 Å². The number of nitrogens with zero attached hydrogens (tertiary/aromatic N) is 4. The molecule has 0 saturated carbocycles. The Morgan fingerprint density at radius 2 is 1.88 bits per heavy atom. The van der Waals surface area contributed by atoms with Crippen LogP contribution in [0.3, 0.4) is 0 Å². The fourth-order valence-electron chi connectivity index (χ4n) is 4.49. The van der Waals surface area contributed by atoms with Crippen molar-refractivity contribution < 1.29 is 23.9 Å². The van der Waals surface area contributed by atoms with Gasteiger partial charge in [-0.3, -0.25) is 19.4 Å². The third kappa shape index (κ3) is 4.64. The second-order valence-corrected chi connectivity index (χ2v) is 9.14. The first-order valence-electron chi connectivity index (χ1n) is 10.9. The van der Waals surface area contributed by atoms with E-state index in [0.717, 1.165) is 21.2 Å². The molecule has 0 atom stereocenters. The number of imide groups is 1. The van der Waals surface area contributed by atoms with Gasteiger partial charge in [-0.05, 0) is 12.8 Å². The van der Waals surface area contributed by atoms with Crippen LogP contribution < -0.4 is 0 Å². The van der Waals surface area contributed by atoms with Crippen molar-refractivity contribution in [2.24, 2.45) is 0 Å². The second kappa shape index (κ2) is 9.98. The minimum Gasteiger partial charge on any atom is -0.468 e. The first-order chi connectivity index (χ1) is 16.0. The zero-order valence-electron chi connectivity index (χ0n) is 18.9. The largest absolute Gasteiger partial charge is 0.468 e. The molecule has 2 aromatic rings. The molecule has 1 aromatic heterocycles. The van der Waals surface area contributed by atoms with E-state index in [2.05, 4.69) is 15.0 Å². The molecule has 33 heavy (non-hydrogen) atoms. The SMILES string of the molecule is COCCN1C(=O)N(CC(=O)OC)C(=O)C12CCN(Cc1nc(-c3ccccc3)cs1)CC2. The molecule has 4 rings (SSSR count). The van der Waals surface area contributed by atoms with Crippen molar-refractivity contribution in [1.82, 2.24) is 19.7 Å². The number of methoxy groups -OCH3 is 2. The number of hydrogen-bond donors (Lipinski definition) is 0. The van der Waals surface area contributed by atoms with Gasteiger partial charge in [0.2, 0.25) is 0 Å². The molecule has 0 N–H and O–H groups in total. The Balaban J connectivity index is 1.44. The van der Waals surface area contributed by atoms with Crippen LogP contribution in [0.2, 0.25) is 0 Å². The lowest BCUT2D eigenvalue weighted by Gasteiger charge is -2.42. The summed E-state index contributed by atoms with van der Waals surface area (Å²) in [6, 6.07) is 9.61. The summed E-state index contributed by atoms with van der Waals surface area (Å²) in [5, 5.41) is 3.08. The fourth-order valence-corrected chi connectivity index (χ4v) is 5.33. The number of ether oxygens (including phenoxy) is 2. The van der Waals surface area contributed by atoms with E-state index in [9.17, 15) is 14.4 Å². The van der Waals surface area contributed by atoms with Crippen LogP contribution in [0.15, 0.2) is 35.7 Å². The lowest BCUT2D eigenvalue weighted by molar-refractivity contribution is -0.146. The number of piperidine rings is 1. The maximum atomic E-state index is 13.3. The maximum Gasteiger partial charge on any atom is 0.328 e. The van der Waals surface area contributed by atoms with Crippen molar-refractivity contribution in [1.29, 1.82) is 0 Å². The molecule has 1 spiro atoms. The normalized spacial score (nSPS) is 18.4. The van der Waals surface area contributed by atoms with E-state index in [1.807, 2.05) is 30.3 Å². The summed E-state index contributed by atoms with van der Waals surface area (Å²) in [5.41, 5.74) is 1.11. The molecule has 3 amide bonds. The van der Waals surface area contributed by atoms with E-state index in [4.69, 9.17) is 9.72 Å². The summed E-state index contributed by atoms with van der Waals surface area (Å²) in [6.45, 7) is 2.23. The molecule has 0 unspecified atom stereocenters. The standard InChI is InChI=1S/C23H28N4O5S/c1-31-13-12-27-22(30)26(15-20(28)32-2)21(29)23(27)8-10-25(11-9-23)14-19-24-18(16-33-19)17-6-4-3-5-7-17/h3-7,16H,8-15H2,1-2H3. The fraction of sp³-hybridized carbons (Fsp3) is 0.478. The van der Waals surface area contributed by atoms with Crippen LogP contribution in [-0.2, 0) is 25.6 Å². The molecular weight excluding hydrogens is 444 g/mol. The van der Waals surface area contributed by atoms with E-state index < -0.39 is 17.5 Å². The number of carbonyl (C=O) groups is 3. The Bertz CT molecular complexity index is 1000. The molecule has 2 saturated heterocycles. The van der Waals surface area contributed by atoms with Crippen molar-refractivity contribution >= 4 is 29.2 Å². The Kier molecular flexibility index (Phi) is 7.06. The number of urea groups is 1. The highest BCUT2D eigenvalue weighted by Gasteiger charge is 2.58. The lowest BCUT2D eigenvalue weighted by Crippen LogP contribution is -2.57. The van der Waals surface area contributed by atoms with Gasteiger partial charge in [0.1, 0.15) is 17.1 Å².